The van der Waals surface area contributed by atoms with Crippen molar-refractivity contribution in [3.63, 3.8) is 0 Å². The summed E-state index contributed by atoms with van der Waals surface area (Å²) in [5, 5.41) is 10.0. The van der Waals surface area contributed by atoms with Crippen molar-refractivity contribution < 1.29 is 15.3 Å². The molecule has 0 aliphatic carbocycles. The minimum atomic E-state index is 0. The molecule has 1 aromatic heterocycles. The van der Waals surface area contributed by atoms with E-state index in [9.17, 15) is 5.21 Å². The molecule has 1 fully saturated rings. The van der Waals surface area contributed by atoms with Crippen LogP contribution in [0.4, 0.5) is 0 Å². The third-order valence-electron chi connectivity index (χ3n) is 2.83. The van der Waals surface area contributed by atoms with Crippen molar-refractivity contribution in [2.45, 2.75) is 18.9 Å². The lowest BCUT2D eigenvalue weighted by Gasteiger charge is -2.26. The topological polar surface area (TPSA) is 64.6 Å². The second-order valence-corrected chi connectivity index (χ2v) is 3.88. The zero-order chi connectivity index (χ0) is 9.31. The number of hydroxylamine groups is 3. The molecule has 14 heavy (non-hydrogen) atoms. The predicted octanol–water partition coefficient (Wildman–Crippen LogP) is 0.928. The maximum Gasteiger partial charge on any atom is 0.146 e. The summed E-state index contributed by atoms with van der Waals surface area (Å²) in [7, 11) is 1.87. The van der Waals surface area contributed by atoms with E-state index >= 15 is 0 Å². The van der Waals surface area contributed by atoms with E-state index in [4.69, 9.17) is 0 Å². The van der Waals surface area contributed by atoms with Crippen LogP contribution in [0, 0.1) is 0 Å². The minimum Gasteiger partial charge on any atom is -0.412 e. The van der Waals surface area contributed by atoms with Crippen LogP contribution >= 0.6 is 0 Å². The minimum absolute atomic E-state index is 0. The van der Waals surface area contributed by atoms with E-state index < -0.39 is 0 Å². The largest absolute Gasteiger partial charge is 0.412 e. The van der Waals surface area contributed by atoms with Gasteiger partial charge in [0.1, 0.15) is 12.6 Å². The van der Waals surface area contributed by atoms with Crippen molar-refractivity contribution in [3.8, 4) is 0 Å². The summed E-state index contributed by atoms with van der Waals surface area (Å²) in [5.41, 5.74) is 1.14. The quantitative estimate of drug-likeness (QED) is 0.680. The number of nitrogens with zero attached hydrogens (tertiary/aromatic N) is 2. The summed E-state index contributed by atoms with van der Waals surface area (Å²) in [5.74, 6) is 0. The van der Waals surface area contributed by atoms with Crippen molar-refractivity contribution >= 4 is 0 Å². The van der Waals surface area contributed by atoms with E-state index in [1.54, 1.807) is 6.20 Å². The SMILES string of the molecule is C[N+]1(O)CCC[C@H]1c1cccnc1.O. The zero-order valence-electron chi connectivity index (χ0n) is 8.35. The molecule has 0 aromatic carbocycles. The van der Waals surface area contributed by atoms with Crippen LogP contribution in [0.25, 0.3) is 0 Å². The molecule has 0 spiro atoms. The molecule has 1 aliphatic rings. The Kier molecular flexibility index (Phi) is 3.21. The van der Waals surface area contributed by atoms with Gasteiger partial charge in [-0.3, -0.25) is 4.98 Å². The maximum atomic E-state index is 10.0. The molecule has 0 amide bonds. The number of rotatable bonds is 1. The second kappa shape index (κ2) is 4.04. The summed E-state index contributed by atoms with van der Waals surface area (Å²) in [6, 6.07) is 4.18. The lowest BCUT2D eigenvalue weighted by molar-refractivity contribution is -1.10. The van der Waals surface area contributed by atoms with E-state index in [2.05, 4.69) is 4.98 Å². The first-order chi connectivity index (χ1) is 6.20. The fraction of sp³-hybridized carbons (Fsp3) is 0.500. The molecule has 4 nitrogen and oxygen atoms in total. The van der Waals surface area contributed by atoms with Crippen molar-refractivity contribution in [2.75, 3.05) is 13.6 Å². The highest BCUT2D eigenvalue weighted by molar-refractivity contribution is 5.12. The Morgan fingerprint density at radius 2 is 2.36 bits per heavy atom. The molecule has 2 atom stereocenters. The Morgan fingerprint density at radius 1 is 1.57 bits per heavy atom. The fourth-order valence-corrected chi connectivity index (χ4v) is 2.10. The Morgan fingerprint density at radius 3 is 2.86 bits per heavy atom. The van der Waals surface area contributed by atoms with Gasteiger partial charge in [0.25, 0.3) is 0 Å². The average Bonchev–Trinajstić information content (AvgIpc) is 2.47. The monoisotopic (exact) mass is 197 g/mol. The molecule has 0 bridgehead atoms. The van der Waals surface area contributed by atoms with Gasteiger partial charge >= 0.3 is 0 Å². The highest BCUT2D eigenvalue weighted by Gasteiger charge is 2.38. The highest BCUT2D eigenvalue weighted by atomic mass is 16.5. The molecule has 4 heteroatoms. The Labute approximate surface area is 83.7 Å². The van der Waals surface area contributed by atoms with Crippen molar-refractivity contribution in [1.82, 2.24) is 4.98 Å². The lowest BCUT2D eigenvalue weighted by Crippen LogP contribution is -2.39. The molecule has 2 rings (SSSR count). The molecule has 1 saturated heterocycles. The number of quaternary nitrogens is 1. The molecule has 1 aliphatic heterocycles. The molecule has 0 radical (unpaired) electrons. The van der Waals surface area contributed by atoms with Crippen LogP contribution in [0.3, 0.4) is 0 Å². The molecule has 1 aromatic rings. The number of pyridine rings is 1. The van der Waals surface area contributed by atoms with Crippen LogP contribution in [-0.4, -0.2) is 33.9 Å². The Balaban J connectivity index is 0.000000980. The maximum absolute atomic E-state index is 10.0. The highest BCUT2D eigenvalue weighted by Crippen LogP contribution is 2.34. The van der Waals surface area contributed by atoms with E-state index in [1.807, 2.05) is 25.4 Å². The van der Waals surface area contributed by atoms with Crippen LogP contribution in [-0.2, 0) is 0 Å². The standard InChI is InChI=1S/C10H15N2O.H2O/c1-12(13)7-3-5-10(12)9-4-2-6-11-8-9;/h2,4,6,8,10,13H,3,5,7H2,1H3;1H2/q+1;/t10-,12?;/m0./s1. The first-order valence-electron chi connectivity index (χ1n) is 4.68. The second-order valence-electron chi connectivity index (χ2n) is 3.88. The summed E-state index contributed by atoms with van der Waals surface area (Å²) in [6.07, 6.45) is 5.76. The molecular formula is C10H17N2O2+. The Bertz CT molecular complexity index is 287. The summed E-state index contributed by atoms with van der Waals surface area (Å²) >= 11 is 0. The van der Waals surface area contributed by atoms with Gasteiger partial charge < -0.3 is 5.48 Å². The van der Waals surface area contributed by atoms with Gasteiger partial charge in [0.05, 0.1) is 7.05 Å². The third kappa shape index (κ3) is 1.92. The predicted molar refractivity (Wildman–Crippen MR) is 52.7 cm³/mol. The first-order valence-corrected chi connectivity index (χ1v) is 4.68. The molecule has 2 heterocycles. The van der Waals surface area contributed by atoms with Crippen molar-refractivity contribution in [1.29, 1.82) is 0 Å². The van der Waals surface area contributed by atoms with Gasteiger partial charge in [-0.05, 0) is 12.1 Å². The average molecular weight is 197 g/mol. The van der Waals surface area contributed by atoms with E-state index in [-0.39, 0.29) is 16.2 Å². The van der Waals surface area contributed by atoms with Gasteiger partial charge in [-0.25, -0.2) is 5.21 Å². The summed E-state index contributed by atoms with van der Waals surface area (Å²) in [4.78, 5) is 4.07. The van der Waals surface area contributed by atoms with Crippen LogP contribution < -0.4 is 0 Å². The van der Waals surface area contributed by atoms with Gasteiger partial charge in [-0.1, -0.05) is 0 Å². The number of hydrogen-bond donors (Lipinski definition) is 1. The van der Waals surface area contributed by atoms with E-state index in [0.29, 0.717) is 0 Å². The van der Waals surface area contributed by atoms with Crippen LogP contribution in [0.1, 0.15) is 24.4 Å². The zero-order valence-corrected chi connectivity index (χ0v) is 8.35. The van der Waals surface area contributed by atoms with Crippen LogP contribution in [0.5, 0.6) is 0 Å². The summed E-state index contributed by atoms with van der Waals surface area (Å²) < 4.78 is 0.117. The molecule has 0 saturated carbocycles. The molecule has 1 unspecified atom stereocenters. The molecule has 78 valence electrons. The number of hydrogen-bond acceptors (Lipinski definition) is 2. The Hall–Kier alpha value is -0.970. The molecule has 3 N–H and O–H groups in total. The van der Waals surface area contributed by atoms with Gasteiger partial charge in [-0.2, -0.15) is 4.65 Å². The summed E-state index contributed by atoms with van der Waals surface area (Å²) in [6.45, 7) is 0.847. The fourth-order valence-electron chi connectivity index (χ4n) is 2.10. The van der Waals surface area contributed by atoms with E-state index in [1.165, 1.54) is 0 Å². The van der Waals surface area contributed by atoms with Crippen LogP contribution in [0.15, 0.2) is 24.5 Å². The normalized spacial score (nSPS) is 31.1. The van der Waals surface area contributed by atoms with Gasteiger partial charge in [-0.15, -0.1) is 0 Å². The van der Waals surface area contributed by atoms with Crippen molar-refractivity contribution in [2.24, 2.45) is 0 Å². The van der Waals surface area contributed by atoms with E-state index in [0.717, 1.165) is 24.9 Å². The van der Waals surface area contributed by atoms with Gasteiger partial charge in [0, 0.05) is 30.8 Å². The first kappa shape index (κ1) is 11.1. The lowest BCUT2D eigenvalue weighted by atomic mass is 10.1. The third-order valence-corrected chi connectivity index (χ3v) is 2.83. The smallest absolute Gasteiger partial charge is 0.146 e. The molecular weight excluding hydrogens is 180 g/mol. The van der Waals surface area contributed by atoms with Crippen molar-refractivity contribution in [3.05, 3.63) is 30.1 Å². The van der Waals surface area contributed by atoms with Crippen LogP contribution in [0.2, 0.25) is 0 Å². The number of aromatic nitrogens is 1. The van der Waals surface area contributed by atoms with Gasteiger partial charge in [0.2, 0.25) is 0 Å². The van der Waals surface area contributed by atoms with Gasteiger partial charge in [0.15, 0.2) is 0 Å². The number of likely N-dealkylation sites (tertiary alicyclic amines) is 1.